The summed E-state index contributed by atoms with van der Waals surface area (Å²) in [7, 11) is 3.81. The van der Waals surface area contributed by atoms with Gasteiger partial charge in [0.2, 0.25) is 5.91 Å². The second-order valence-corrected chi connectivity index (χ2v) is 9.23. The van der Waals surface area contributed by atoms with Crippen molar-refractivity contribution in [2.75, 3.05) is 40.3 Å². The van der Waals surface area contributed by atoms with Gasteiger partial charge in [-0.2, -0.15) is 18.2 Å². The highest BCUT2D eigenvalue weighted by Crippen LogP contribution is 2.24. The molecular weight excluding hydrogens is 523 g/mol. The average Bonchev–Trinajstić information content (AvgIpc) is 2.84. The predicted octanol–water partition coefficient (Wildman–Crippen LogP) is 2.16. The zero-order chi connectivity index (χ0) is 29.8. The third kappa shape index (κ3) is 12.0. The van der Waals surface area contributed by atoms with E-state index in [2.05, 4.69) is 10.3 Å². The molecule has 0 bridgehead atoms. The molecule has 0 fully saturated rings. The van der Waals surface area contributed by atoms with Crippen LogP contribution >= 0.6 is 0 Å². The van der Waals surface area contributed by atoms with E-state index in [0.717, 1.165) is 0 Å². The normalized spacial score (nSPS) is 12.3. The van der Waals surface area contributed by atoms with Gasteiger partial charge in [-0.15, -0.1) is 0 Å². The summed E-state index contributed by atoms with van der Waals surface area (Å²) >= 11 is 0. The third-order valence-electron chi connectivity index (χ3n) is 5.38. The molecule has 1 atom stereocenters. The predicted molar refractivity (Wildman–Crippen MR) is 135 cm³/mol. The van der Waals surface area contributed by atoms with Crippen molar-refractivity contribution in [3.63, 3.8) is 0 Å². The molecule has 1 aromatic heterocycles. The first-order chi connectivity index (χ1) is 18.2. The Kier molecular flexibility index (Phi) is 13.8. The summed E-state index contributed by atoms with van der Waals surface area (Å²) < 4.78 is 44.8. The number of carbonyl (C=O) groups excluding carboxylic acids is 4. The molecule has 0 aliphatic rings. The van der Waals surface area contributed by atoms with Crippen LogP contribution in [-0.2, 0) is 30.5 Å². The topological polar surface area (TPSA) is 121 Å². The van der Waals surface area contributed by atoms with E-state index in [1.54, 1.807) is 18.7 Å². The fourth-order valence-corrected chi connectivity index (χ4v) is 3.34. The summed E-state index contributed by atoms with van der Waals surface area (Å²) in [5.74, 6) is -4.64. The smallest absolute Gasteiger partial charge is 0.463 e. The van der Waals surface area contributed by atoms with Gasteiger partial charge in [-0.25, -0.2) is 4.79 Å². The maximum absolute atomic E-state index is 13.3. The number of hydroxylamine groups is 2. The Bertz CT molecular complexity index is 974. The van der Waals surface area contributed by atoms with Gasteiger partial charge in [-0.05, 0) is 53.4 Å². The Morgan fingerprint density at radius 1 is 1.10 bits per heavy atom. The Balaban J connectivity index is 2.94. The number of carbonyl (C=O) groups is 4. The number of alkyl halides is 3. The SMILES string of the molecule is CCC(CC(=O)OC(C)C)N(OC(=O)c1ccnc(CNCC(=O)N(CC)CCN(C)C)c1)C(=O)C(F)(F)F. The number of halogens is 3. The molecule has 11 nitrogen and oxygen atoms in total. The lowest BCUT2D eigenvalue weighted by Crippen LogP contribution is -2.48. The minimum absolute atomic E-state index is 0.0101. The Morgan fingerprint density at radius 3 is 2.31 bits per heavy atom. The van der Waals surface area contributed by atoms with Crippen molar-refractivity contribution < 1.29 is 41.9 Å². The van der Waals surface area contributed by atoms with Gasteiger partial charge in [-0.1, -0.05) is 6.92 Å². The molecule has 0 saturated heterocycles. The molecule has 2 amide bonds. The summed E-state index contributed by atoms with van der Waals surface area (Å²) in [4.78, 5) is 61.9. The zero-order valence-corrected chi connectivity index (χ0v) is 23.2. The number of pyridine rings is 1. The number of esters is 1. The summed E-state index contributed by atoms with van der Waals surface area (Å²) in [6.45, 7) is 8.33. The van der Waals surface area contributed by atoms with Crippen LogP contribution in [0.25, 0.3) is 0 Å². The van der Waals surface area contributed by atoms with Crippen molar-refractivity contribution in [3.05, 3.63) is 29.6 Å². The highest BCUT2D eigenvalue weighted by atomic mass is 19.4. The van der Waals surface area contributed by atoms with E-state index in [1.807, 2.05) is 25.9 Å². The molecule has 0 aliphatic heterocycles. The lowest BCUT2D eigenvalue weighted by Gasteiger charge is -2.29. The van der Waals surface area contributed by atoms with Gasteiger partial charge in [-0.3, -0.25) is 19.4 Å². The summed E-state index contributed by atoms with van der Waals surface area (Å²) in [5.41, 5.74) is 0.142. The van der Waals surface area contributed by atoms with Crippen LogP contribution in [0.1, 0.15) is 56.6 Å². The first-order valence-electron chi connectivity index (χ1n) is 12.6. The number of hydrogen-bond acceptors (Lipinski definition) is 9. The van der Waals surface area contributed by atoms with Gasteiger partial charge >= 0.3 is 24.0 Å². The van der Waals surface area contributed by atoms with Crippen molar-refractivity contribution >= 4 is 23.8 Å². The van der Waals surface area contributed by atoms with Crippen LogP contribution in [-0.4, -0.2) is 102 Å². The number of hydrogen-bond donors (Lipinski definition) is 1. The van der Waals surface area contributed by atoms with E-state index < -0.39 is 42.6 Å². The molecular formula is C25H38F3N5O6. The highest BCUT2D eigenvalue weighted by Gasteiger charge is 2.47. The molecule has 39 heavy (non-hydrogen) atoms. The molecule has 0 saturated carbocycles. The summed E-state index contributed by atoms with van der Waals surface area (Å²) in [6.07, 6.45) is -5.35. The number of rotatable bonds is 14. The molecule has 1 heterocycles. The number of aromatic nitrogens is 1. The zero-order valence-electron chi connectivity index (χ0n) is 23.2. The molecule has 1 N–H and O–H groups in total. The summed E-state index contributed by atoms with van der Waals surface area (Å²) in [5, 5.41) is 2.81. The molecule has 1 unspecified atom stereocenters. The van der Waals surface area contributed by atoms with Gasteiger partial charge in [0.05, 0.1) is 36.4 Å². The molecule has 0 spiro atoms. The maximum atomic E-state index is 13.3. The van der Waals surface area contributed by atoms with Gasteiger partial charge < -0.3 is 24.7 Å². The number of ether oxygens (including phenoxy) is 1. The monoisotopic (exact) mass is 561 g/mol. The van der Waals surface area contributed by atoms with Gasteiger partial charge in [0.25, 0.3) is 0 Å². The van der Waals surface area contributed by atoms with Crippen molar-refractivity contribution in [2.24, 2.45) is 0 Å². The number of likely N-dealkylation sites (N-methyl/N-ethyl adjacent to an activating group) is 2. The Morgan fingerprint density at radius 2 is 1.77 bits per heavy atom. The van der Waals surface area contributed by atoms with Crippen LogP contribution in [0.15, 0.2) is 18.3 Å². The third-order valence-corrected chi connectivity index (χ3v) is 5.38. The van der Waals surface area contributed by atoms with Crippen molar-refractivity contribution in [2.45, 2.75) is 65.4 Å². The van der Waals surface area contributed by atoms with Crippen molar-refractivity contribution in [1.82, 2.24) is 25.2 Å². The largest absolute Gasteiger partial charge is 0.474 e. The second-order valence-electron chi connectivity index (χ2n) is 9.23. The van der Waals surface area contributed by atoms with E-state index in [1.165, 1.54) is 25.3 Å². The van der Waals surface area contributed by atoms with Crippen LogP contribution in [0.3, 0.4) is 0 Å². The first-order valence-corrected chi connectivity index (χ1v) is 12.6. The first kappa shape index (κ1) is 33.8. The van der Waals surface area contributed by atoms with Gasteiger partial charge in [0.1, 0.15) is 0 Å². The minimum Gasteiger partial charge on any atom is -0.463 e. The molecule has 1 aromatic rings. The average molecular weight is 562 g/mol. The lowest BCUT2D eigenvalue weighted by atomic mass is 10.1. The molecule has 0 aromatic carbocycles. The van der Waals surface area contributed by atoms with E-state index in [-0.39, 0.29) is 36.0 Å². The quantitative estimate of drug-likeness (QED) is 0.269. The standard InChI is InChI=1S/C25H38F3N5O6/c1-7-20(14-22(35)38-17(3)4)33(24(37)25(26,27)28)39-23(36)18-9-10-30-19(13-18)15-29-16-21(34)32(8-2)12-11-31(5)6/h9-10,13,17,20,29H,7-8,11-12,14-16H2,1-6H3. The van der Waals surface area contributed by atoms with Crippen LogP contribution in [0.5, 0.6) is 0 Å². The molecule has 1 rings (SSSR count). The van der Waals surface area contributed by atoms with Crippen LogP contribution < -0.4 is 5.32 Å². The van der Waals surface area contributed by atoms with Gasteiger partial charge in [0, 0.05) is 32.4 Å². The number of nitrogens with one attached hydrogen (secondary N) is 1. The van der Waals surface area contributed by atoms with E-state index in [9.17, 15) is 32.3 Å². The maximum Gasteiger partial charge on any atom is 0.474 e. The molecule has 220 valence electrons. The molecule has 14 heteroatoms. The summed E-state index contributed by atoms with van der Waals surface area (Å²) in [6, 6.07) is 1.08. The van der Waals surface area contributed by atoms with Crippen LogP contribution in [0.2, 0.25) is 0 Å². The highest BCUT2D eigenvalue weighted by molar-refractivity contribution is 5.91. The van der Waals surface area contributed by atoms with Crippen molar-refractivity contribution in [3.8, 4) is 0 Å². The Hall–Kier alpha value is -3.26. The lowest BCUT2D eigenvalue weighted by molar-refractivity contribution is -0.225. The fraction of sp³-hybridized carbons (Fsp3) is 0.640. The molecule has 0 aliphatic carbocycles. The van der Waals surface area contributed by atoms with Crippen LogP contribution in [0, 0.1) is 0 Å². The van der Waals surface area contributed by atoms with E-state index >= 15 is 0 Å². The van der Waals surface area contributed by atoms with E-state index in [0.29, 0.717) is 25.3 Å². The number of nitrogens with zero attached hydrogens (tertiary/aromatic N) is 4. The fourth-order valence-electron chi connectivity index (χ4n) is 3.34. The number of amides is 2. The van der Waals surface area contributed by atoms with E-state index in [4.69, 9.17) is 9.57 Å². The van der Waals surface area contributed by atoms with Crippen LogP contribution in [0.4, 0.5) is 13.2 Å². The second kappa shape index (κ2) is 16.0. The Labute approximate surface area is 226 Å². The van der Waals surface area contributed by atoms with Gasteiger partial charge in [0.15, 0.2) is 0 Å². The minimum atomic E-state index is -5.35. The van der Waals surface area contributed by atoms with Crippen molar-refractivity contribution in [1.29, 1.82) is 0 Å². The molecule has 0 radical (unpaired) electrons.